The number of sulfonamides is 1. The molecule has 0 aliphatic heterocycles. The van der Waals surface area contributed by atoms with Crippen LogP contribution in [0.15, 0.2) is 0 Å². The van der Waals surface area contributed by atoms with Crippen molar-refractivity contribution in [1.29, 1.82) is 0 Å². The van der Waals surface area contributed by atoms with Crippen molar-refractivity contribution in [3.05, 3.63) is 0 Å². The maximum atomic E-state index is 11.7. The van der Waals surface area contributed by atoms with E-state index in [1.807, 2.05) is 14.0 Å². The molecule has 0 aliphatic carbocycles. The highest BCUT2D eigenvalue weighted by atomic mass is 32.2. The molecular weight excluding hydrogens is 236 g/mol. The van der Waals surface area contributed by atoms with Crippen LogP contribution in [0.1, 0.15) is 46.5 Å². The molecule has 0 aliphatic rings. The van der Waals surface area contributed by atoms with Gasteiger partial charge in [0.05, 0.1) is 5.75 Å². The molecular formula is C12H28N2O2S. The molecule has 1 unspecified atom stereocenters. The highest BCUT2D eigenvalue weighted by Gasteiger charge is 2.14. The lowest BCUT2D eigenvalue weighted by Crippen LogP contribution is -2.34. The van der Waals surface area contributed by atoms with Crippen LogP contribution in [0.4, 0.5) is 0 Å². The molecule has 0 bridgehead atoms. The van der Waals surface area contributed by atoms with E-state index in [-0.39, 0.29) is 11.8 Å². The Morgan fingerprint density at radius 3 is 2.24 bits per heavy atom. The zero-order chi connectivity index (χ0) is 13.3. The van der Waals surface area contributed by atoms with Gasteiger partial charge in [0.2, 0.25) is 10.0 Å². The molecule has 0 aromatic heterocycles. The summed E-state index contributed by atoms with van der Waals surface area (Å²) in [4.78, 5) is 0. The van der Waals surface area contributed by atoms with Crippen LogP contribution < -0.4 is 10.0 Å². The van der Waals surface area contributed by atoms with Gasteiger partial charge in [-0.3, -0.25) is 0 Å². The summed E-state index contributed by atoms with van der Waals surface area (Å²) in [5, 5.41) is 3.01. The number of hydrogen-bond acceptors (Lipinski definition) is 3. The number of rotatable bonds is 10. The van der Waals surface area contributed by atoms with Crippen molar-refractivity contribution in [3.63, 3.8) is 0 Å². The Labute approximate surface area is 107 Å². The van der Waals surface area contributed by atoms with Crippen LogP contribution in [-0.4, -0.2) is 33.8 Å². The molecule has 0 saturated carbocycles. The van der Waals surface area contributed by atoms with E-state index in [1.54, 1.807) is 0 Å². The van der Waals surface area contributed by atoms with Gasteiger partial charge in [0.1, 0.15) is 0 Å². The van der Waals surface area contributed by atoms with Gasteiger partial charge in [-0.2, -0.15) is 0 Å². The summed E-state index contributed by atoms with van der Waals surface area (Å²) in [6.45, 7) is 7.11. The molecule has 0 heterocycles. The zero-order valence-corrected chi connectivity index (χ0v) is 12.4. The molecule has 0 aromatic carbocycles. The maximum absolute atomic E-state index is 11.7. The summed E-state index contributed by atoms with van der Waals surface area (Å²) >= 11 is 0. The van der Waals surface area contributed by atoms with Gasteiger partial charge in [0.15, 0.2) is 0 Å². The van der Waals surface area contributed by atoms with E-state index in [2.05, 4.69) is 23.9 Å². The van der Waals surface area contributed by atoms with Crippen LogP contribution in [-0.2, 0) is 10.0 Å². The van der Waals surface area contributed by atoms with Crippen LogP contribution in [0.3, 0.4) is 0 Å². The molecule has 0 amide bonds. The van der Waals surface area contributed by atoms with Gasteiger partial charge in [0, 0.05) is 6.04 Å². The number of nitrogens with one attached hydrogen (secondary N) is 2. The predicted molar refractivity (Wildman–Crippen MR) is 73.6 cm³/mol. The molecule has 17 heavy (non-hydrogen) atoms. The van der Waals surface area contributed by atoms with Gasteiger partial charge in [-0.25, -0.2) is 13.1 Å². The van der Waals surface area contributed by atoms with Gasteiger partial charge in [-0.1, -0.05) is 13.8 Å². The van der Waals surface area contributed by atoms with Crippen LogP contribution in [0.25, 0.3) is 0 Å². The van der Waals surface area contributed by atoms with Gasteiger partial charge < -0.3 is 5.32 Å². The Kier molecular flexibility index (Phi) is 8.82. The van der Waals surface area contributed by atoms with E-state index in [9.17, 15) is 8.42 Å². The van der Waals surface area contributed by atoms with E-state index in [0.717, 1.165) is 25.8 Å². The monoisotopic (exact) mass is 264 g/mol. The second kappa shape index (κ2) is 8.89. The smallest absolute Gasteiger partial charge is 0.211 e. The Bertz CT molecular complexity index is 276. The van der Waals surface area contributed by atoms with E-state index in [4.69, 9.17) is 0 Å². The second-order valence-electron chi connectivity index (χ2n) is 5.12. The Morgan fingerprint density at radius 2 is 1.71 bits per heavy atom. The molecule has 4 nitrogen and oxygen atoms in total. The van der Waals surface area contributed by atoms with Crippen LogP contribution in [0, 0.1) is 5.92 Å². The maximum Gasteiger partial charge on any atom is 0.211 e. The predicted octanol–water partition coefficient (Wildman–Crippen LogP) is 1.73. The third kappa shape index (κ3) is 10.7. The lowest BCUT2D eigenvalue weighted by Gasteiger charge is -2.15. The lowest BCUT2D eigenvalue weighted by molar-refractivity contribution is 0.484. The minimum Gasteiger partial charge on any atom is -0.320 e. The average molecular weight is 264 g/mol. The third-order valence-electron chi connectivity index (χ3n) is 2.65. The van der Waals surface area contributed by atoms with E-state index >= 15 is 0 Å². The normalized spacial score (nSPS) is 14.2. The Hall–Kier alpha value is -0.130. The molecule has 0 spiro atoms. The lowest BCUT2D eigenvalue weighted by atomic mass is 10.1. The fraction of sp³-hybridized carbons (Fsp3) is 1.00. The van der Waals surface area contributed by atoms with Crippen molar-refractivity contribution in [2.45, 2.75) is 52.5 Å². The van der Waals surface area contributed by atoms with Crippen molar-refractivity contribution >= 4 is 10.0 Å². The molecule has 1 atom stereocenters. The highest BCUT2D eigenvalue weighted by molar-refractivity contribution is 7.89. The Balaban J connectivity index is 3.82. The fourth-order valence-corrected chi connectivity index (χ4v) is 3.03. The molecule has 104 valence electrons. The molecule has 5 heteroatoms. The first-order chi connectivity index (χ1) is 7.87. The van der Waals surface area contributed by atoms with Crippen LogP contribution >= 0.6 is 0 Å². The van der Waals surface area contributed by atoms with Crippen LogP contribution in [0.2, 0.25) is 0 Å². The summed E-state index contributed by atoms with van der Waals surface area (Å²) in [6, 6.07) is 0.0479. The summed E-state index contributed by atoms with van der Waals surface area (Å²) in [5.74, 6) is 0.860. The van der Waals surface area contributed by atoms with Crippen molar-refractivity contribution in [2.75, 3.05) is 19.3 Å². The first-order valence-corrected chi connectivity index (χ1v) is 8.17. The minimum atomic E-state index is -3.09. The average Bonchev–Trinajstić information content (AvgIpc) is 2.21. The van der Waals surface area contributed by atoms with Gasteiger partial charge >= 0.3 is 0 Å². The van der Waals surface area contributed by atoms with Crippen LogP contribution in [0.5, 0.6) is 0 Å². The van der Waals surface area contributed by atoms with Crippen molar-refractivity contribution < 1.29 is 8.42 Å². The number of unbranched alkanes of at least 4 members (excludes halogenated alkanes) is 1. The molecule has 0 aromatic rings. The fourth-order valence-electron chi connectivity index (χ4n) is 1.60. The highest BCUT2D eigenvalue weighted by Crippen LogP contribution is 2.07. The standard InChI is InChI=1S/C12H28N2O2S/c1-11(2)7-8-12(3)14-17(15,16)10-6-5-9-13-4/h11-14H,5-10H2,1-4H3. The largest absolute Gasteiger partial charge is 0.320 e. The van der Waals surface area contributed by atoms with Crippen molar-refractivity contribution in [2.24, 2.45) is 5.92 Å². The molecule has 2 N–H and O–H groups in total. The Morgan fingerprint density at radius 1 is 1.06 bits per heavy atom. The summed E-state index contributed by atoms with van der Waals surface area (Å²) in [7, 11) is -1.21. The number of hydrogen-bond donors (Lipinski definition) is 2. The van der Waals surface area contributed by atoms with E-state index in [0.29, 0.717) is 12.3 Å². The third-order valence-corrected chi connectivity index (χ3v) is 4.24. The first-order valence-electron chi connectivity index (χ1n) is 6.52. The molecule has 0 rings (SSSR count). The molecule has 0 saturated heterocycles. The SMILES string of the molecule is CNCCCCS(=O)(=O)NC(C)CCC(C)C. The molecule has 0 fully saturated rings. The van der Waals surface area contributed by atoms with Gasteiger partial charge in [0.25, 0.3) is 0 Å². The van der Waals surface area contributed by atoms with Crippen molar-refractivity contribution in [1.82, 2.24) is 10.0 Å². The first kappa shape index (κ1) is 16.9. The summed E-state index contributed by atoms with van der Waals surface area (Å²) in [5.41, 5.74) is 0. The van der Waals surface area contributed by atoms with E-state index < -0.39 is 10.0 Å². The minimum absolute atomic E-state index is 0.0479. The van der Waals surface area contributed by atoms with Gasteiger partial charge in [-0.15, -0.1) is 0 Å². The second-order valence-corrected chi connectivity index (χ2v) is 6.99. The quantitative estimate of drug-likeness (QED) is 0.591. The van der Waals surface area contributed by atoms with E-state index in [1.165, 1.54) is 0 Å². The topological polar surface area (TPSA) is 58.2 Å². The molecule has 0 radical (unpaired) electrons. The zero-order valence-electron chi connectivity index (χ0n) is 11.6. The van der Waals surface area contributed by atoms with Crippen molar-refractivity contribution in [3.8, 4) is 0 Å². The summed E-state index contributed by atoms with van der Waals surface area (Å²) < 4.78 is 26.2. The summed E-state index contributed by atoms with van der Waals surface area (Å²) in [6.07, 6.45) is 3.59. The van der Waals surface area contributed by atoms with Gasteiger partial charge in [-0.05, 0) is 52.1 Å².